The molecule has 5 nitrogen and oxygen atoms in total. The third kappa shape index (κ3) is 4.03. The van der Waals surface area contributed by atoms with E-state index in [4.69, 9.17) is 9.47 Å². The number of ether oxygens (including phenoxy) is 2. The van der Waals surface area contributed by atoms with Gasteiger partial charge in [-0.15, -0.1) is 0 Å². The van der Waals surface area contributed by atoms with Crippen LogP contribution in [-0.2, 0) is 16.0 Å². The van der Waals surface area contributed by atoms with Crippen molar-refractivity contribution < 1.29 is 14.3 Å². The van der Waals surface area contributed by atoms with Crippen LogP contribution in [0.3, 0.4) is 0 Å². The van der Waals surface area contributed by atoms with Crippen LogP contribution in [0, 0.1) is 5.92 Å². The molecule has 2 aliphatic rings. The summed E-state index contributed by atoms with van der Waals surface area (Å²) in [5.74, 6) is 1.54. The standard InChI is InChI=1S/C18H26N2O3/c1-19-9-15-10-20(11-16(19)13-23-12-15)18(21)8-5-14-3-6-17(22-2)7-4-14/h3-4,6-7,15-16H,5,8-13H2,1-2H3/t15-,16+/m1/s1. The monoisotopic (exact) mass is 318 g/mol. The second-order valence-electron chi connectivity index (χ2n) is 6.64. The number of hydrogen-bond acceptors (Lipinski definition) is 4. The molecule has 0 spiro atoms. The first-order valence-corrected chi connectivity index (χ1v) is 8.34. The number of amides is 1. The molecule has 2 heterocycles. The molecule has 2 bridgehead atoms. The summed E-state index contributed by atoms with van der Waals surface area (Å²) >= 11 is 0. The highest BCUT2D eigenvalue weighted by molar-refractivity contribution is 5.76. The number of carbonyl (C=O) groups is 1. The number of aryl methyl sites for hydroxylation is 1. The van der Waals surface area contributed by atoms with Gasteiger partial charge in [0.05, 0.1) is 26.4 Å². The van der Waals surface area contributed by atoms with Gasteiger partial charge in [0.2, 0.25) is 5.91 Å². The molecule has 23 heavy (non-hydrogen) atoms. The summed E-state index contributed by atoms with van der Waals surface area (Å²) in [6, 6.07) is 8.29. The van der Waals surface area contributed by atoms with E-state index in [1.54, 1.807) is 7.11 Å². The zero-order valence-corrected chi connectivity index (χ0v) is 14.0. The van der Waals surface area contributed by atoms with Gasteiger partial charge in [-0.3, -0.25) is 9.69 Å². The van der Waals surface area contributed by atoms with Crippen molar-refractivity contribution in [2.45, 2.75) is 18.9 Å². The highest BCUT2D eigenvalue weighted by Gasteiger charge is 2.32. The van der Waals surface area contributed by atoms with Gasteiger partial charge >= 0.3 is 0 Å². The Kier molecular flexibility index (Phi) is 5.18. The van der Waals surface area contributed by atoms with Crippen LogP contribution in [0.15, 0.2) is 24.3 Å². The number of methoxy groups -OCH3 is 1. The average molecular weight is 318 g/mol. The van der Waals surface area contributed by atoms with E-state index in [0.29, 0.717) is 18.4 Å². The molecule has 0 radical (unpaired) electrons. The SMILES string of the molecule is COc1ccc(CCC(=O)N2C[C@@H]3COC[C@H](C2)N(C)C3)cc1. The normalized spacial score (nSPS) is 25.0. The van der Waals surface area contributed by atoms with E-state index in [1.165, 1.54) is 5.56 Å². The van der Waals surface area contributed by atoms with Gasteiger partial charge in [0, 0.05) is 32.0 Å². The van der Waals surface area contributed by atoms with E-state index in [1.807, 2.05) is 29.2 Å². The molecule has 1 aromatic carbocycles. The zero-order chi connectivity index (χ0) is 16.2. The van der Waals surface area contributed by atoms with Crippen LogP contribution in [0.4, 0.5) is 0 Å². The Balaban J connectivity index is 1.57. The number of hydrogen-bond donors (Lipinski definition) is 0. The van der Waals surface area contributed by atoms with Gasteiger partial charge in [-0.05, 0) is 31.2 Å². The Morgan fingerprint density at radius 2 is 2.00 bits per heavy atom. The summed E-state index contributed by atoms with van der Waals surface area (Å²) < 4.78 is 10.9. The Morgan fingerprint density at radius 3 is 2.74 bits per heavy atom. The largest absolute Gasteiger partial charge is 0.497 e. The average Bonchev–Trinajstić information content (AvgIpc) is 2.81. The Hall–Kier alpha value is -1.59. The number of likely N-dealkylation sites (N-methyl/N-ethyl adjacent to an activating group) is 1. The summed E-state index contributed by atoms with van der Waals surface area (Å²) in [7, 11) is 3.80. The predicted molar refractivity (Wildman–Crippen MR) is 88.6 cm³/mol. The lowest BCUT2D eigenvalue weighted by Crippen LogP contribution is -2.44. The summed E-state index contributed by atoms with van der Waals surface area (Å²) in [6.45, 7) is 4.13. The van der Waals surface area contributed by atoms with Crippen LogP contribution >= 0.6 is 0 Å². The number of carbonyl (C=O) groups excluding carboxylic acids is 1. The minimum absolute atomic E-state index is 0.257. The fourth-order valence-electron chi connectivity index (χ4n) is 3.46. The molecule has 2 saturated heterocycles. The molecule has 0 N–H and O–H groups in total. The Morgan fingerprint density at radius 1 is 1.22 bits per heavy atom. The van der Waals surface area contributed by atoms with E-state index >= 15 is 0 Å². The molecule has 1 amide bonds. The van der Waals surface area contributed by atoms with Crippen molar-refractivity contribution in [3.63, 3.8) is 0 Å². The second-order valence-corrected chi connectivity index (χ2v) is 6.64. The highest BCUT2D eigenvalue weighted by atomic mass is 16.5. The van der Waals surface area contributed by atoms with Crippen molar-refractivity contribution in [1.29, 1.82) is 0 Å². The van der Waals surface area contributed by atoms with Gasteiger partial charge in [0.25, 0.3) is 0 Å². The first-order valence-electron chi connectivity index (χ1n) is 8.34. The minimum atomic E-state index is 0.257. The van der Waals surface area contributed by atoms with Crippen molar-refractivity contribution in [2.75, 3.05) is 47.0 Å². The van der Waals surface area contributed by atoms with Gasteiger partial charge in [-0.25, -0.2) is 0 Å². The van der Waals surface area contributed by atoms with E-state index in [9.17, 15) is 4.79 Å². The van der Waals surface area contributed by atoms with Gasteiger partial charge in [-0.1, -0.05) is 12.1 Å². The van der Waals surface area contributed by atoms with Crippen LogP contribution in [0.2, 0.25) is 0 Å². The maximum absolute atomic E-state index is 12.6. The maximum atomic E-state index is 12.6. The quantitative estimate of drug-likeness (QED) is 0.842. The van der Waals surface area contributed by atoms with E-state index in [2.05, 4.69) is 11.9 Å². The molecule has 126 valence electrons. The third-order valence-corrected chi connectivity index (χ3v) is 4.88. The second kappa shape index (κ2) is 7.32. The lowest BCUT2D eigenvalue weighted by molar-refractivity contribution is -0.133. The van der Waals surface area contributed by atoms with Crippen LogP contribution in [0.25, 0.3) is 0 Å². The number of rotatable bonds is 4. The van der Waals surface area contributed by atoms with Crippen LogP contribution in [-0.4, -0.2) is 68.8 Å². The first kappa shape index (κ1) is 16.3. The molecule has 2 fully saturated rings. The van der Waals surface area contributed by atoms with E-state index < -0.39 is 0 Å². The smallest absolute Gasteiger partial charge is 0.222 e. The van der Waals surface area contributed by atoms with Crippen molar-refractivity contribution in [3.05, 3.63) is 29.8 Å². The maximum Gasteiger partial charge on any atom is 0.222 e. The molecule has 1 aromatic rings. The molecule has 0 unspecified atom stereocenters. The minimum Gasteiger partial charge on any atom is -0.497 e. The molecule has 2 aliphatic heterocycles. The highest BCUT2D eigenvalue weighted by Crippen LogP contribution is 2.19. The molecular weight excluding hydrogens is 292 g/mol. The number of nitrogens with zero attached hydrogens (tertiary/aromatic N) is 2. The van der Waals surface area contributed by atoms with Gasteiger partial charge < -0.3 is 14.4 Å². The topological polar surface area (TPSA) is 42.0 Å². The Bertz CT molecular complexity index is 532. The zero-order valence-electron chi connectivity index (χ0n) is 14.0. The molecule has 0 aromatic heterocycles. The number of fused-ring (bicyclic) bond motifs is 3. The van der Waals surface area contributed by atoms with Gasteiger partial charge in [-0.2, -0.15) is 0 Å². The summed E-state index contributed by atoms with van der Waals surface area (Å²) in [6.07, 6.45) is 1.34. The molecule has 2 atom stereocenters. The van der Waals surface area contributed by atoms with Crippen molar-refractivity contribution in [1.82, 2.24) is 9.80 Å². The Labute approximate surface area is 138 Å². The van der Waals surface area contributed by atoms with E-state index in [0.717, 1.165) is 45.0 Å². The van der Waals surface area contributed by atoms with Crippen molar-refractivity contribution >= 4 is 5.91 Å². The van der Waals surface area contributed by atoms with Gasteiger partial charge in [0.15, 0.2) is 0 Å². The number of benzene rings is 1. The molecule has 0 aliphatic carbocycles. The summed E-state index contributed by atoms with van der Waals surface area (Å²) in [4.78, 5) is 17.0. The van der Waals surface area contributed by atoms with Crippen LogP contribution in [0.1, 0.15) is 12.0 Å². The van der Waals surface area contributed by atoms with Gasteiger partial charge in [0.1, 0.15) is 5.75 Å². The molecular formula is C18H26N2O3. The van der Waals surface area contributed by atoms with Crippen LogP contribution in [0.5, 0.6) is 5.75 Å². The van der Waals surface area contributed by atoms with Crippen molar-refractivity contribution in [3.8, 4) is 5.75 Å². The molecule has 3 rings (SSSR count). The summed E-state index contributed by atoms with van der Waals surface area (Å²) in [5, 5.41) is 0. The predicted octanol–water partition coefficient (Wildman–Crippen LogP) is 1.42. The van der Waals surface area contributed by atoms with Crippen molar-refractivity contribution in [2.24, 2.45) is 5.92 Å². The molecule has 0 saturated carbocycles. The summed E-state index contributed by atoms with van der Waals surface area (Å²) in [5.41, 5.74) is 1.18. The van der Waals surface area contributed by atoms with Crippen LogP contribution < -0.4 is 4.74 Å². The fourth-order valence-corrected chi connectivity index (χ4v) is 3.46. The first-order chi connectivity index (χ1) is 11.2. The lowest BCUT2D eigenvalue weighted by Gasteiger charge is -2.29. The van der Waals surface area contributed by atoms with E-state index in [-0.39, 0.29) is 5.91 Å². The fraction of sp³-hybridized carbons (Fsp3) is 0.611. The molecule has 5 heteroatoms. The third-order valence-electron chi connectivity index (χ3n) is 4.88. The lowest BCUT2D eigenvalue weighted by atomic mass is 10.1.